The van der Waals surface area contributed by atoms with E-state index in [2.05, 4.69) is 25.3 Å². The Morgan fingerprint density at radius 1 is 1.29 bits per heavy atom. The monoisotopic (exact) mass is 448 g/mol. The highest BCUT2D eigenvalue weighted by Gasteiger charge is 2.26. The molecule has 1 aliphatic rings. The Morgan fingerprint density at radius 3 is 2.84 bits per heavy atom. The lowest BCUT2D eigenvalue weighted by molar-refractivity contribution is 0.579. The first-order chi connectivity index (χ1) is 14.8. The van der Waals surface area contributed by atoms with Crippen LogP contribution < -0.4 is 20.3 Å². The van der Waals surface area contributed by atoms with Gasteiger partial charge in [-0.15, -0.1) is 0 Å². The van der Waals surface area contributed by atoms with Crippen molar-refractivity contribution >= 4 is 21.8 Å². The van der Waals surface area contributed by atoms with Crippen LogP contribution in [0.2, 0.25) is 0 Å². The molecule has 1 saturated heterocycles. The van der Waals surface area contributed by atoms with E-state index in [1.54, 1.807) is 38.4 Å². The number of pyridine rings is 1. The zero-order valence-electron chi connectivity index (χ0n) is 18.0. The number of aryl methyl sites for hydroxylation is 2. The summed E-state index contributed by atoms with van der Waals surface area (Å²) in [5.74, 6) is 0.594. The summed E-state index contributed by atoms with van der Waals surface area (Å²) in [6.07, 6.45) is 2.40. The van der Waals surface area contributed by atoms with Gasteiger partial charge >= 0.3 is 0 Å². The lowest BCUT2D eigenvalue weighted by Gasteiger charge is -2.20. The summed E-state index contributed by atoms with van der Waals surface area (Å²) in [5, 5.41) is 6.42. The van der Waals surface area contributed by atoms with Gasteiger partial charge in [-0.05, 0) is 49.6 Å². The number of benzene rings is 1. The number of hydrogen-bond donors (Lipinski definition) is 3. The first kappa shape index (κ1) is 23.0. The van der Waals surface area contributed by atoms with Gasteiger partial charge in [0, 0.05) is 45.5 Å². The van der Waals surface area contributed by atoms with Crippen molar-refractivity contribution in [3.8, 4) is 0 Å². The molecule has 1 aromatic carbocycles. The molecule has 3 rings (SSSR count). The highest BCUT2D eigenvalue weighted by atomic mass is 32.2. The first-order valence-corrected chi connectivity index (χ1v) is 11.7. The molecule has 0 spiro atoms. The van der Waals surface area contributed by atoms with Gasteiger partial charge in [0.15, 0.2) is 17.6 Å². The van der Waals surface area contributed by atoms with Gasteiger partial charge < -0.3 is 15.5 Å². The molecule has 1 aliphatic heterocycles. The number of guanidine groups is 1. The third kappa shape index (κ3) is 5.92. The van der Waals surface area contributed by atoms with E-state index in [4.69, 9.17) is 0 Å². The van der Waals surface area contributed by atoms with Crippen LogP contribution in [0, 0.1) is 19.7 Å². The van der Waals surface area contributed by atoms with E-state index in [1.807, 2.05) is 17.9 Å². The van der Waals surface area contributed by atoms with Crippen LogP contribution in [0.5, 0.6) is 0 Å². The number of hydrogen-bond acceptors (Lipinski definition) is 5. The van der Waals surface area contributed by atoms with Crippen LogP contribution in [0.4, 0.5) is 10.2 Å². The Balaban J connectivity index is 1.47. The predicted octanol–water partition coefficient (Wildman–Crippen LogP) is 1.56. The number of halogens is 1. The topological polar surface area (TPSA) is 98.7 Å². The van der Waals surface area contributed by atoms with Crippen molar-refractivity contribution < 1.29 is 12.8 Å². The quantitative estimate of drug-likeness (QED) is 0.338. The lowest BCUT2D eigenvalue weighted by Crippen LogP contribution is -2.46. The summed E-state index contributed by atoms with van der Waals surface area (Å²) < 4.78 is 41.7. The number of aromatic nitrogens is 1. The lowest BCUT2D eigenvalue weighted by atomic mass is 10.2. The second-order valence-electron chi connectivity index (χ2n) is 7.55. The van der Waals surface area contributed by atoms with Gasteiger partial charge in [0.05, 0.1) is 4.90 Å². The van der Waals surface area contributed by atoms with Gasteiger partial charge in [-0.3, -0.25) is 4.99 Å². The number of aliphatic imine (C=N–C) groups is 1. The van der Waals surface area contributed by atoms with E-state index in [1.165, 1.54) is 6.07 Å². The van der Waals surface area contributed by atoms with Gasteiger partial charge in [-0.25, -0.2) is 22.5 Å². The van der Waals surface area contributed by atoms with Crippen molar-refractivity contribution in [2.45, 2.75) is 31.2 Å². The van der Waals surface area contributed by atoms with E-state index < -0.39 is 10.0 Å². The number of anilines is 1. The Labute approximate surface area is 183 Å². The second kappa shape index (κ2) is 10.1. The highest BCUT2D eigenvalue weighted by molar-refractivity contribution is 7.89. The molecule has 0 amide bonds. The molecule has 8 nitrogen and oxygen atoms in total. The standard InChI is InChI=1S/C21H29FN6O2S/c1-15-6-7-16(2)19(13-15)31(29,30)26-11-10-25-21(23-3)27-17-8-12-28(14-17)20-18(22)5-4-9-24-20/h4-7,9,13,17,26H,8,10-12,14H2,1-3H3,(H2,23,25,27). The maximum absolute atomic E-state index is 14.0. The minimum Gasteiger partial charge on any atom is -0.355 e. The largest absolute Gasteiger partial charge is 0.355 e. The molecule has 0 aliphatic carbocycles. The SMILES string of the molecule is CN=C(NCCNS(=O)(=O)c1cc(C)ccc1C)NC1CCN(c2ncccc2F)C1. The van der Waals surface area contributed by atoms with Gasteiger partial charge in [-0.1, -0.05) is 12.1 Å². The minimum absolute atomic E-state index is 0.0826. The van der Waals surface area contributed by atoms with E-state index in [9.17, 15) is 12.8 Å². The number of sulfonamides is 1. The maximum Gasteiger partial charge on any atom is 0.240 e. The fraction of sp³-hybridized carbons (Fsp3) is 0.429. The molecular formula is C21H29FN6O2S. The average molecular weight is 449 g/mol. The summed E-state index contributed by atoms with van der Waals surface area (Å²) in [4.78, 5) is 10.5. The van der Waals surface area contributed by atoms with Crippen LogP contribution >= 0.6 is 0 Å². The molecule has 168 valence electrons. The molecule has 3 N–H and O–H groups in total. The summed E-state index contributed by atoms with van der Waals surface area (Å²) >= 11 is 0. The highest BCUT2D eigenvalue weighted by Crippen LogP contribution is 2.20. The van der Waals surface area contributed by atoms with E-state index in [-0.39, 0.29) is 18.4 Å². The van der Waals surface area contributed by atoms with Crippen LogP contribution in [0.25, 0.3) is 0 Å². The number of nitrogens with zero attached hydrogens (tertiary/aromatic N) is 3. The Hall–Kier alpha value is -2.72. The number of nitrogens with one attached hydrogen (secondary N) is 3. The molecular weight excluding hydrogens is 419 g/mol. The first-order valence-electron chi connectivity index (χ1n) is 10.2. The van der Waals surface area contributed by atoms with Gasteiger partial charge in [0.25, 0.3) is 0 Å². The van der Waals surface area contributed by atoms with Crippen LogP contribution in [0.1, 0.15) is 17.5 Å². The van der Waals surface area contributed by atoms with Crippen LogP contribution in [0.3, 0.4) is 0 Å². The summed E-state index contributed by atoms with van der Waals surface area (Å²) in [6, 6.07) is 8.42. The molecule has 1 atom stereocenters. The zero-order chi connectivity index (χ0) is 22.4. The van der Waals surface area contributed by atoms with E-state index in [0.717, 1.165) is 12.0 Å². The summed E-state index contributed by atoms with van der Waals surface area (Å²) in [5.41, 5.74) is 1.60. The Kier molecular flexibility index (Phi) is 7.45. The fourth-order valence-corrected chi connectivity index (χ4v) is 4.87. The molecule has 10 heteroatoms. The molecule has 31 heavy (non-hydrogen) atoms. The van der Waals surface area contributed by atoms with Crippen LogP contribution in [-0.4, -0.2) is 58.6 Å². The molecule has 1 fully saturated rings. The van der Waals surface area contributed by atoms with Crippen LogP contribution in [0.15, 0.2) is 46.4 Å². The molecule has 0 bridgehead atoms. The molecule has 0 saturated carbocycles. The van der Waals surface area contributed by atoms with Crippen molar-refractivity contribution in [2.24, 2.45) is 4.99 Å². The van der Waals surface area contributed by atoms with Gasteiger partial charge in [-0.2, -0.15) is 0 Å². The molecule has 1 unspecified atom stereocenters. The number of rotatable bonds is 7. The van der Waals surface area contributed by atoms with Gasteiger partial charge in [0.2, 0.25) is 10.0 Å². The summed E-state index contributed by atoms with van der Waals surface area (Å²) in [6.45, 7) is 5.52. The molecule has 1 aromatic heterocycles. The molecule has 2 heterocycles. The summed E-state index contributed by atoms with van der Waals surface area (Å²) in [7, 11) is -1.93. The Bertz CT molecular complexity index is 1040. The average Bonchev–Trinajstić information content (AvgIpc) is 3.20. The van der Waals surface area contributed by atoms with Crippen molar-refractivity contribution in [3.63, 3.8) is 0 Å². The van der Waals surface area contributed by atoms with E-state index in [0.29, 0.717) is 41.9 Å². The Morgan fingerprint density at radius 2 is 2.10 bits per heavy atom. The van der Waals surface area contributed by atoms with Gasteiger partial charge in [0.1, 0.15) is 0 Å². The third-order valence-electron chi connectivity index (χ3n) is 5.13. The zero-order valence-corrected chi connectivity index (χ0v) is 18.8. The molecule has 0 radical (unpaired) electrons. The molecule has 2 aromatic rings. The van der Waals surface area contributed by atoms with Crippen molar-refractivity contribution in [1.82, 2.24) is 20.3 Å². The van der Waals surface area contributed by atoms with Crippen molar-refractivity contribution in [2.75, 3.05) is 38.1 Å². The van der Waals surface area contributed by atoms with Crippen molar-refractivity contribution in [1.29, 1.82) is 0 Å². The smallest absolute Gasteiger partial charge is 0.240 e. The normalized spacial score (nSPS) is 17.1. The predicted molar refractivity (Wildman–Crippen MR) is 120 cm³/mol. The second-order valence-corrected chi connectivity index (χ2v) is 9.29. The van der Waals surface area contributed by atoms with Crippen molar-refractivity contribution in [3.05, 3.63) is 53.5 Å². The third-order valence-corrected chi connectivity index (χ3v) is 6.74. The van der Waals surface area contributed by atoms with Crippen LogP contribution in [-0.2, 0) is 10.0 Å². The minimum atomic E-state index is -3.58. The maximum atomic E-state index is 14.0. The fourth-order valence-electron chi connectivity index (χ4n) is 3.51. The van der Waals surface area contributed by atoms with E-state index >= 15 is 0 Å².